The molecule has 0 fully saturated rings. The fraction of sp³-hybridized carbons (Fsp3) is 0. The van der Waals surface area contributed by atoms with Crippen molar-refractivity contribution in [2.45, 2.75) is 9.79 Å². The van der Waals surface area contributed by atoms with Crippen LogP contribution >= 0.6 is 0 Å². The van der Waals surface area contributed by atoms with Crippen LogP contribution < -0.4 is 0 Å². The van der Waals surface area contributed by atoms with E-state index in [1.807, 2.05) is 30.5 Å². The van der Waals surface area contributed by atoms with Crippen LogP contribution in [0.25, 0.3) is 10.9 Å². The van der Waals surface area contributed by atoms with Gasteiger partial charge in [0.1, 0.15) is 0 Å². The highest BCUT2D eigenvalue weighted by Crippen LogP contribution is 2.30. The second kappa shape index (κ2) is 8.54. The summed E-state index contributed by atoms with van der Waals surface area (Å²) in [5.74, 6) is -1.40. The number of ketones is 2. The van der Waals surface area contributed by atoms with Gasteiger partial charge in [0.15, 0.2) is 11.6 Å². The maximum Gasteiger partial charge on any atom is 0.294 e. The monoisotopic (exact) mass is 497 g/mol. The van der Waals surface area contributed by atoms with Crippen molar-refractivity contribution in [3.63, 3.8) is 0 Å². The van der Waals surface area contributed by atoms with Crippen molar-refractivity contribution >= 4 is 42.7 Å². The van der Waals surface area contributed by atoms with Crippen molar-refractivity contribution in [1.82, 2.24) is 4.98 Å². The number of rotatable bonds is 2. The number of para-hydroxylation sites is 1. The molecule has 9 nitrogen and oxygen atoms in total. The number of carbonyl (C=O) groups excluding carboxylic acids is 2. The molecular formula is C23H15NO8S2. The third kappa shape index (κ3) is 4.50. The minimum absolute atomic E-state index is 0.0699. The molecule has 2 N–H and O–H groups in total. The Morgan fingerprint density at radius 2 is 1.06 bits per heavy atom. The molecule has 0 radical (unpaired) electrons. The average Bonchev–Trinajstić information content (AvgIpc) is 2.81. The first-order chi connectivity index (χ1) is 16.0. The van der Waals surface area contributed by atoms with Gasteiger partial charge in [-0.2, -0.15) is 16.8 Å². The Balaban J connectivity index is 0.000000226. The van der Waals surface area contributed by atoms with Gasteiger partial charge in [0, 0.05) is 33.8 Å². The van der Waals surface area contributed by atoms with Gasteiger partial charge in [-0.15, -0.1) is 0 Å². The number of hydrogen-bond donors (Lipinski definition) is 2. The molecule has 1 aliphatic rings. The molecule has 0 saturated carbocycles. The van der Waals surface area contributed by atoms with E-state index < -0.39 is 41.6 Å². The lowest BCUT2D eigenvalue weighted by Gasteiger charge is -2.18. The van der Waals surface area contributed by atoms with Gasteiger partial charge in [0.2, 0.25) is 0 Å². The van der Waals surface area contributed by atoms with Crippen LogP contribution in [0, 0.1) is 0 Å². The number of nitrogens with zero attached hydrogens (tertiary/aromatic N) is 1. The predicted octanol–water partition coefficient (Wildman–Crippen LogP) is 3.19. The molecule has 0 spiro atoms. The Morgan fingerprint density at radius 1 is 0.588 bits per heavy atom. The van der Waals surface area contributed by atoms with Gasteiger partial charge in [-0.25, -0.2) is 0 Å². The first-order valence-electron chi connectivity index (χ1n) is 9.59. The molecule has 0 bridgehead atoms. The second-order valence-electron chi connectivity index (χ2n) is 7.22. The number of fused-ring (bicyclic) bond motifs is 3. The summed E-state index contributed by atoms with van der Waals surface area (Å²) in [6.45, 7) is 0. The number of aromatic nitrogens is 1. The zero-order valence-corrected chi connectivity index (χ0v) is 18.7. The second-order valence-corrected chi connectivity index (χ2v) is 10.1. The molecule has 0 atom stereocenters. The van der Waals surface area contributed by atoms with Crippen LogP contribution in [0.5, 0.6) is 0 Å². The molecule has 5 rings (SSSR count). The van der Waals surface area contributed by atoms with Gasteiger partial charge in [-0.3, -0.25) is 23.7 Å². The summed E-state index contributed by atoms with van der Waals surface area (Å²) >= 11 is 0. The third-order valence-electron chi connectivity index (χ3n) is 5.07. The first-order valence-corrected chi connectivity index (χ1v) is 12.5. The van der Waals surface area contributed by atoms with Crippen LogP contribution in [0.3, 0.4) is 0 Å². The molecule has 4 aromatic rings. The molecule has 0 unspecified atom stereocenters. The van der Waals surface area contributed by atoms with Crippen molar-refractivity contribution in [2.75, 3.05) is 0 Å². The molecule has 0 amide bonds. The molecule has 1 aliphatic carbocycles. The Labute approximate surface area is 194 Å². The van der Waals surface area contributed by atoms with Crippen molar-refractivity contribution in [3.05, 3.63) is 101 Å². The lowest BCUT2D eigenvalue weighted by atomic mass is 9.84. The lowest BCUT2D eigenvalue weighted by molar-refractivity contribution is 0.0978. The van der Waals surface area contributed by atoms with Crippen LogP contribution in [0.15, 0.2) is 88.8 Å². The lowest BCUT2D eigenvalue weighted by Crippen LogP contribution is -2.22. The fourth-order valence-electron chi connectivity index (χ4n) is 3.45. The van der Waals surface area contributed by atoms with Gasteiger partial charge in [-0.05, 0) is 48.5 Å². The standard InChI is InChI=1S/C14H8O8S2.C9H7N/c15-13-9-3-1-7(23(17,18)19)5-11(9)14(16)12-6-8(24(20,21)22)2-4-10(12)13;1-2-6-9-8(4-1)5-3-7-10-9/h1-6H,(H,17,18,19)(H,20,21,22);1-7H. The van der Waals surface area contributed by atoms with Crippen molar-refractivity contribution in [1.29, 1.82) is 0 Å². The molecular weight excluding hydrogens is 482 g/mol. The largest absolute Gasteiger partial charge is 0.294 e. The van der Waals surface area contributed by atoms with E-state index in [0.717, 1.165) is 41.9 Å². The van der Waals surface area contributed by atoms with Crippen LogP contribution in [0.2, 0.25) is 0 Å². The van der Waals surface area contributed by atoms with E-state index in [0.29, 0.717) is 0 Å². The summed E-state index contributed by atoms with van der Waals surface area (Å²) in [6, 6.07) is 17.9. The predicted molar refractivity (Wildman–Crippen MR) is 121 cm³/mol. The number of hydrogen-bond acceptors (Lipinski definition) is 7. The molecule has 0 saturated heterocycles. The molecule has 1 heterocycles. The Kier molecular flexibility index (Phi) is 5.87. The van der Waals surface area contributed by atoms with Crippen LogP contribution in [-0.2, 0) is 20.2 Å². The van der Waals surface area contributed by atoms with Gasteiger partial charge >= 0.3 is 0 Å². The average molecular weight is 498 g/mol. The summed E-state index contributed by atoms with van der Waals surface area (Å²) in [6.07, 6.45) is 1.81. The molecule has 172 valence electrons. The summed E-state index contributed by atoms with van der Waals surface area (Å²) < 4.78 is 62.8. The molecule has 11 heteroatoms. The maximum absolute atomic E-state index is 12.5. The SMILES string of the molecule is O=C1c2ccc(S(=O)(=O)O)cc2C(=O)c2cc(S(=O)(=O)O)ccc21.c1ccc2ncccc2c1. The Morgan fingerprint density at radius 3 is 1.56 bits per heavy atom. The minimum Gasteiger partial charge on any atom is -0.289 e. The van der Waals surface area contributed by atoms with E-state index in [1.165, 1.54) is 5.39 Å². The summed E-state index contributed by atoms with van der Waals surface area (Å²) in [5, 5.41) is 1.20. The highest BCUT2D eigenvalue weighted by Gasteiger charge is 2.32. The molecule has 0 aliphatic heterocycles. The number of benzene rings is 3. The topological polar surface area (TPSA) is 156 Å². The molecule has 3 aromatic carbocycles. The number of pyridine rings is 1. The normalized spacial score (nSPS) is 13.0. The molecule has 1 aromatic heterocycles. The smallest absolute Gasteiger partial charge is 0.289 e. The summed E-state index contributed by atoms with van der Waals surface area (Å²) in [4.78, 5) is 27.9. The van der Waals surface area contributed by atoms with Gasteiger partial charge < -0.3 is 0 Å². The van der Waals surface area contributed by atoms with Crippen molar-refractivity contribution in [3.8, 4) is 0 Å². The van der Waals surface area contributed by atoms with E-state index in [2.05, 4.69) is 17.1 Å². The van der Waals surface area contributed by atoms with E-state index in [1.54, 1.807) is 0 Å². The van der Waals surface area contributed by atoms with E-state index in [-0.39, 0.29) is 22.3 Å². The van der Waals surface area contributed by atoms with Crippen LogP contribution in [0.1, 0.15) is 31.8 Å². The zero-order valence-electron chi connectivity index (χ0n) is 17.1. The maximum atomic E-state index is 12.5. The highest BCUT2D eigenvalue weighted by atomic mass is 32.2. The Bertz CT molecular complexity index is 1540. The fourth-order valence-corrected chi connectivity index (χ4v) is 4.46. The van der Waals surface area contributed by atoms with Gasteiger partial charge in [0.05, 0.1) is 15.3 Å². The minimum atomic E-state index is -4.59. The van der Waals surface area contributed by atoms with E-state index in [9.17, 15) is 26.4 Å². The summed E-state index contributed by atoms with van der Waals surface area (Å²) in [5.41, 5.74) is 0.356. The van der Waals surface area contributed by atoms with Crippen LogP contribution in [0.4, 0.5) is 0 Å². The van der Waals surface area contributed by atoms with Gasteiger partial charge in [-0.1, -0.05) is 24.3 Å². The third-order valence-corrected chi connectivity index (χ3v) is 6.77. The van der Waals surface area contributed by atoms with Crippen molar-refractivity contribution in [2.24, 2.45) is 0 Å². The van der Waals surface area contributed by atoms with E-state index >= 15 is 0 Å². The summed E-state index contributed by atoms with van der Waals surface area (Å²) in [7, 11) is -9.17. The Hall–Kier alpha value is -3.77. The quantitative estimate of drug-likeness (QED) is 0.350. The van der Waals surface area contributed by atoms with Crippen molar-refractivity contribution < 1.29 is 35.5 Å². The zero-order chi connectivity index (χ0) is 24.7. The number of carbonyl (C=O) groups is 2. The first kappa shape index (κ1) is 23.4. The van der Waals surface area contributed by atoms with Gasteiger partial charge in [0.25, 0.3) is 20.2 Å². The molecule has 34 heavy (non-hydrogen) atoms. The van der Waals surface area contributed by atoms with E-state index in [4.69, 9.17) is 9.11 Å². The highest BCUT2D eigenvalue weighted by molar-refractivity contribution is 7.86. The van der Waals surface area contributed by atoms with Crippen LogP contribution in [-0.4, -0.2) is 42.5 Å².